The van der Waals surface area contributed by atoms with Gasteiger partial charge in [-0.3, -0.25) is 0 Å². The highest BCUT2D eigenvalue weighted by molar-refractivity contribution is 6.93. The fourth-order valence-electron chi connectivity index (χ4n) is 4.38. The van der Waals surface area contributed by atoms with E-state index in [-0.39, 0.29) is 5.04 Å². The molecule has 0 unspecified atom stereocenters. The van der Waals surface area contributed by atoms with E-state index in [9.17, 15) is 0 Å². The van der Waals surface area contributed by atoms with E-state index in [0.717, 1.165) is 12.2 Å². The first-order valence-corrected chi connectivity index (χ1v) is 20.8. The van der Waals surface area contributed by atoms with E-state index < -0.39 is 24.9 Å². The van der Waals surface area contributed by atoms with Gasteiger partial charge in [-0.05, 0) is 35.2 Å². The predicted molar refractivity (Wildman–Crippen MR) is 146 cm³/mol. The molecule has 166 valence electrons. The SMILES string of the molecule is C=CCOc1c(C2=CCC([SiH](C)C)=C2[Si](C)(C)C)cc(C)cc1[Si](C)(C)C(C)(C)C. The zero-order valence-electron chi connectivity index (χ0n) is 21.4. The number of ether oxygens (including phenoxy) is 1. The third-order valence-electron chi connectivity index (χ3n) is 6.98. The number of hydrogen-bond acceptors (Lipinski definition) is 1. The maximum Gasteiger partial charge on any atom is 0.126 e. The van der Waals surface area contributed by atoms with E-state index in [0.29, 0.717) is 6.61 Å². The quantitative estimate of drug-likeness (QED) is 0.310. The Morgan fingerprint density at radius 3 is 2.17 bits per heavy atom. The third kappa shape index (κ3) is 4.86. The van der Waals surface area contributed by atoms with Crippen LogP contribution in [0.1, 0.15) is 38.3 Å². The highest BCUT2D eigenvalue weighted by Crippen LogP contribution is 2.45. The monoisotopic (exact) mass is 456 g/mol. The molecule has 1 aliphatic carbocycles. The summed E-state index contributed by atoms with van der Waals surface area (Å²) >= 11 is 0. The highest BCUT2D eigenvalue weighted by atomic mass is 28.3. The molecule has 0 N–H and O–H groups in total. The summed E-state index contributed by atoms with van der Waals surface area (Å²) in [6.45, 7) is 31.4. The van der Waals surface area contributed by atoms with E-state index >= 15 is 0 Å². The van der Waals surface area contributed by atoms with Crippen molar-refractivity contribution in [1.82, 2.24) is 0 Å². The average Bonchev–Trinajstić information content (AvgIpc) is 3.04. The van der Waals surface area contributed by atoms with Gasteiger partial charge in [0, 0.05) is 5.56 Å². The first-order chi connectivity index (χ1) is 13.6. The lowest BCUT2D eigenvalue weighted by atomic mass is 10.0. The molecule has 2 rings (SSSR count). The standard InChI is InChI=1S/C26H44OSi3/c1-13-16-27-24-21(17-19(2)18-23(24)30(11,12)26(3,4)5)20-14-15-22(28(6)7)25(20)29(8,9)10/h13-14,17-18,28H,1,15-16H2,2-12H3. The second kappa shape index (κ2) is 8.79. The van der Waals surface area contributed by atoms with Crippen molar-refractivity contribution in [3.05, 3.63) is 52.4 Å². The van der Waals surface area contributed by atoms with Gasteiger partial charge < -0.3 is 4.74 Å². The van der Waals surface area contributed by atoms with E-state index in [1.807, 2.05) is 6.08 Å². The van der Waals surface area contributed by atoms with Crippen LogP contribution in [-0.4, -0.2) is 31.6 Å². The Bertz CT molecular complexity index is 875. The molecule has 1 aliphatic rings. The lowest BCUT2D eigenvalue weighted by Crippen LogP contribution is -2.50. The molecule has 0 saturated carbocycles. The fraction of sp³-hybridized carbons (Fsp3) is 0.538. The Morgan fingerprint density at radius 1 is 1.10 bits per heavy atom. The van der Waals surface area contributed by atoms with Crippen molar-refractivity contribution in [1.29, 1.82) is 0 Å². The van der Waals surface area contributed by atoms with Gasteiger partial charge in [-0.25, -0.2) is 0 Å². The molecule has 0 heterocycles. The molecule has 1 aromatic rings. The van der Waals surface area contributed by atoms with Crippen LogP contribution in [0.3, 0.4) is 0 Å². The minimum absolute atomic E-state index is 0.252. The summed E-state index contributed by atoms with van der Waals surface area (Å²) in [5, 5.41) is 5.19. The first kappa shape index (κ1) is 25.2. The van der Waals surface area contributed by atoms with Gasteiger partial charge >= 0.3 is 0 Å². The first-order valence-electron chi connectivity index (χ1n) is 11.5. The van der Waals surface area contributed by atoms with E-state index in [1.54, 1.807) is 10.4 Å². The van der Waals surface area contributed by atoms with Crippen molar-refractivity contribution in [3.8, 4) is 5.75 Å². The zero-order chi connectivity index (χ0) is 23.1. The molecular formula is C26H44OSi3. The van der Waals surface area contributed by atoms with Crippen LogP contribution in [0.4, 0.5) is 0 Å². The van der Waals surface area contributed by atoms with Crippen LogP contribution in [0, 0.1) is 6.92 Å². The van der Waals surface area contributed by atoms with Crippen molar-refractivity contribution in [2.45, 2.75) is 85.0 Å². The number of benzene rings is 1. The predicted octanol–water partition coefficient (Wildman–Crippen LogP) is 7.26. The van der Waals surface area contributed by atoms with Gasteiger partial charge in [-0.2, -0.15) is 0 Å². The number of aryl methyl sites for hydroxylation is 1. The molecular weight excluding hydrogens is 413 g/mol. The lowest BCUT2D eigenvalue weighted by Gasteiger charge is -2.39. The van der Waals surface area contributed by atoms with Crippen molar-refractivity contribution in [2.24, 2.45) is 0 Å². The molecule has 0 spiro atoms. The molecule has 0 aromatic heterocycles. The van der Waals surface area contributed by atoms with Gasteiger partial charge in [0.15, 0.2) is 0 Å². The van der Waals surface area contributed by atoms with Gasteiger partial charge in [-0.15, -0.1) is 0 Å². The molecule has 0 fully saturated rings. The van der Waals surface area contributed by atoms with Crippen LogP contribution in [-0.2, 0) is 0 Å². The van der Waals surface area contributed by atoms with Gasteiger partial charge in [-0.1, -0.05) is 107 Å². The molecule has 0 aliphatic heterocycles. The van der Waals surface area contributed by atoms with Crippen molar-refractivity contribution >= 4 is 35.7 Å². The van der Waals surface area contributed by atoms with Crippen molar-refractivity contribution in [2.75, 3.05) is 6.61 Å². The summed E-state index contributed by atoms with van der Waals surface area (Å²) in [5.74, 6) is 1.13. The second-order valence-corrected chi connectivity index (χ2v) is 25.1. The van der Waals surface area contributed by atoms with Crippen LogP contribution in [0.15, 0.2) is 41.3 Å². The Kier molecular flexibility index (Phi) is 7.37. The molecule has 1 nitrogen and oxygen atoms in total. The Labute approximate surface area is 190 Å². The molecule has 0 atom stereocenters. The van der Waals surface area contributed by atoms with Crippen LogP contribution in [0.25, 0.3) is 5.57 Å². The summed E-state index contributed by atoms with van der Waals surface area (Å²) < 4.78 is 6.50. The molecule has 4 heteroatoms. The molecule has 0 bridgehead atoms. The molecule has 0 saturated heterocycles. The lowest BCUT2D eigenvalue weighted by molar-refractivity contribution is 0.364. The van der Waals surface area contributed by atoms with E-state index in [1.165, 1.54) is 21.9 Å². The Balaban J connectivity index is 2.85. The zero-order valence-corrected chi connectivity index (χ0v) is 24.6. The summed E-state index contributed by atoms with van der Waals surface area (Å²) in [6.07, 6.45) is 5.54. The van der Waals surface area contributed by atoms with E-state index in [2.05, 4.69) is 98.3 Å². The topological polar surface area (TPSA) is 9.23 Å². The minimum atomic E-state index is -1.78. The van der Waals surface area contributed by atoms with Gasteiger partial charge in [0.05, 0.1) is 24.9 Å². The minimum Gasteiger partial charge on any atom is -0.489 e. The third-order valence-corrected chi connectivity index (χ3v) is 16.7. The Morgan fingerprint density at radius 2 is 1.70 bits per heavy atom. The van der Waals surface area contributed by atoms with Crippen LogP contribution < -0.4 is 9.92 Å². The van der Waals surface area contributed by atoms with E-state index in [4.69, 9.17) is 4.74 Å². The van der Waals surface area contributed by atoms with Crippen molar-refractivity contribution in [3.63, 3.8) is 0 Å². The van der Waals surface area contributed by atoms with Crippen molar-refractivity contribution < 1.29 is 4.74 Å². The van der Waals surface area contributed by atoms with Crippen LogP contribution in [0.5, 0.6) is 5.75 Å². The molecule has 0 radical (unpaired) electrons. The largest absolute Gasteiger partial charge is 0.489 e. The van der Waals surface area contributed by atoms with Gasteiger partial charge in [0.1, 0.15) is 12.4 Å². The number of rotatable bonds is 7. The maximum atomic E-state index is 6.50. The summed E-state index contributed by atoms with van der Waals surface area (Å²) in [6, 6.07) is 4.79. The molecule has 0 amide bonds. The second-order valence-electron chi connectivity index (χ2n) is 11.8. The molecule has 30 heavy (non-hydrogen) atoms. The average molecular weight is 457 g/mol. The highest BCUT2D eigenvalue weighted by Gasteiger charge is 2.41. The Hall–Kier alpha value is -1.11. The molecule has 1 aromatic carbocycles. The smallest absolute Gasteiger partial charge is 0.126 e. The number of allylic oxidation sites excluding steroid dienone is 4. The normalized spacial score (nSPS) is 15.7. The van der Waals surface area contributed by atoms with Crippen LogP contribution >= 0.6 is 0 Å². The maximum absolute atomic E-state index is 6.50. The van der Waals surface area contributed by atoms with Gasteiger partial charge in [0.25, 0.3) is 0 Å². The van der Waals surface area contributed by atoms with Gasteiger partial charge in [0.2, 0.25) is 0 Å². The van der Waals surface area contributed by atoms with Crippen LogP contribution in [0.2, 0.25) is 50.9 Å². The summed E-state index contributed by atoms with van der Waals surface area (Å²) in [7, 11) is -4.12. The fourth-order valence-corrected chi connectivity index (χ4v) is 12.2. The number of hydrogen-bond donors (Lipinski definition) is 0. The summed E-state index contributed by atoms with van der Waals surface area (Å²) in [4.78, 5) is 0. The summed E-state index contributed by atoms with van der Waals surface area (Å²) in [5.41, 5.74) is 4.16.